The molecule has 0 bridgehead atoms. The number of halogens is 1. The Morgan fingerprint density at radius 3 is 2.89 bits per heavy atom. The normalized spacial score (nSPS) is 10.1. The van der Waals surface area contributed by atoms with E-state index in [1.165, 1.54) is 11.7 Å². The van der Waals surface area contributed by atoms with Crippen molar-refractivity contribution in [1.82, 2.24) is 15.1 Å². The van der Waals surface area contributed by atoms with Crippen molar-refractivity contribution in [3.8, 4) is 5.69 Å². The second kappa shape index (κ2) is 5.14. The van der Waals surface area contributed by atoms with E-state index in [0.717, 1.165) is 10.8 Å². The van der Waals surface area contributed by atoms with Gasteiger partial charge >= 0.3 is 0 Å². The Kier molecular flexibility index (Phi) is 3.57. The minimum Gasteiger partial charge on any atom is -0.354 e. The second-order valence-electron chi connectivity index (χ2n) is 3.55. The molecule has 5 nitrogen and oxygen atoms in total. The maximum absolute atomic E-state index is 11.4. The molecular formula is C12H10BrN3O2. The molecule has 1 heterocycles. The monoisotopic (exact) mass is 307 g/mol. The van der Waals surface area contributed by atoms with Crippen molar-refractivity contribution in [1.29, 1.82) is 0 Å². The Morgan fingerprint density at radius 1 is 1.44 bits per heavy atom. The number of aldehydes is 1. The summed E-state index contributed by atoms with van der Waals surface area (Å²) < 4.78 is 2.33. The molecule has 0 radical (unpaired) electrons. The van der Waals surface area contributed by atoms with Gasteiger partial charge in [0.15, 0.2) is 12.0 Å². The van der Waals surface area contributed by atoms with Crippen LogP contribution in [0.4, 0.5) is 0 Å². The number of carbonyl (C=O) groups is 2. The number of hydrogen-bond donors (Lipinski definition) is 1. The van der Waals surface area contributed by atoms with E-state index in [0.29, 0.717) is 16.9 Å². The predicted octanol–water partition coefficient (Wildman–Crippen LogP) is 1.81. The van der Waals surface area contributed by atoms with Gasteiger partial charge in [0.2, 0.25) is 0 Å². The summed E-state index contributed by atoms with van der Waals surface area (Å²) in [5.74, 6) is -0.267. The van der Waals surface area contributed by atoms with Crippen LogP contribution in [-0.4, -0.2) is 29.0 Å². The fourth-order valence-electron chi connectivity index (χ4n) is 1.52. The molecule has 1 aromatic carbocycles. The Balaban J connectivity index is 2.48. The molecule has 0 unspecified atom stereocenters. The van der Waals surface area contributed by atoms with E-state index >= 15 is 0 Å². The van der Waals surface area contributed by atoms with E-state index in [-0.39, 0.29) is 5.91 Å². The number of nitrogens with zero attached hydrogens (tertiary/aromatic N) is 2. The van der Waals surface area contributed by atoms with Gasteiger partial charge in [0.05, 0.1) is 5.69 Å². The van der Waals surface area contributed by atoms with Gasteiger partial charge in [-0.1, -0.05) is 15.9 Å². The lowest BCUT2D eigenvalue weighted by Crippen LogP contribution is -2.18. The zero-order chi connectivity index (χ0) is 13.1. The van der Waals surface area contributed by atoms with E-state index in [1.807, 2.05) is 0 Å². The fraction of sp³-hybridized carbons (Fsp3) is 0.0833. The summed E-state index contributed by atoms with van der Waals surface area (Å²) in [5.41, 5.74) is 1.42. The number of rotatable bonds is 3. The zero-order valence-electron chi connectivity index (χ0n) is 9.55. The Labute approximate surface area is 112 Å². The SMILES string of the molecule is CNC(=O)c1ccn(-c2cc(Br)ccc2C=O)n1. The molecule has 0 atom stereocenters. The molecule has 1 amide bonds. The number of hydrogen-bond acceptors (Lipinski definition) is 3. The molecule has 0 aliphatic heterocycles. The van der Waals surface area contributed by atoms with Gasteiger partial charge in [0.1, 0.15) is 0 Å². The third kappa shape index (κ3) is 2.33. The molecule has 2 aromatic rings. The van der Waals surface area contributed by atoms with Crippen molar-refractivity contribution in [2.24, 2.45) is 0 Å². The van der Waals surface area contributed by atoms with Crippen LogP contribution >= 0.6 is 15.9 Å². The maximum atomic E-state index is 11.4. The summed E-state index contributed by atoms with van der Waals surface area (Å²) in [7, 11) is 1.54. The highest BCUT2D eigenvalue weighted by molar-refractivity contribution is 9.10. The van der Waals surface area contributed by atoms with Gasteiger partial charge in [-0.3, -0.25) is 9.59 Å². The largest absolute Gasteiger partial charge is 0.354 e. The van der Waals surface area contributed by atoms with Gasteiger partial charge in [0.25, 0.3) is 5.91 Å². The molecule has 0 aliphatic rings. The molecular weight excluding hydrogens is 298 g/mol. The van der Waals surface area contributed by atoms with Gasteiger partial charge in [-0.15, -0.1) is 0 Å². The van der Waals surface area contributed by atoms with Crippen LogP contribution in [0.3, 0.4) is 0 Å². The lowest BCUT2D eigenvalue weighted by molar-refractivity contribution is 0.0957. The number of benzene rings is 1. The van der Waals surface area contributed by atoms with Crippen molar-refractivity contribution in [2.75, 3.05) is 7.05 Å². The van der Waals surface area contributed by atoms with Gasteiger partial charge in [0, 0.05) is 23.3 Å². The average molecular weight is 308 g/mol. The van der Waals surface area contributed by atoms with Gasteiger partial charge in [-0.05, 0) is 24.3 Å². The van der Waals surface area contributed by atoms with Crippen LogP contribution in [0.15, 0.2) is 34.9 Å². The van der Waals surface area contributed by atoms with Crippen LogP contribution < -0.4 is 5.32 Å². The summed E-state index contributed by atoms with van der Waals surface area (Å²) in [5, 5.41) is 6.62. The van der Waals surface area contributed by atoms with Crippen LogP contribution in [0, 0.1) is 0 Å². The van der Waals surface area contributed by atoms with Crippen LogP contribution in [-0.2, 0) is 0 Å². The van der Waals surface area contributed by atoms with Gasteiger partial charge < -0.3 is 5.32 Å². The lowest BCUT2D eigenvalue weighted by atomic mass is 10.2. The van der Waals surface area contributed by atoms with Crippen molar-refractivity contribution in [2.45, 2.75) is 0 Å². The quantitative estimate of drug-likeness (QED) is 0.880. The van der Waals surface area contributed by atoms with E-state index in [1.54, 1.807) is 30.5 Å². The second-order valence-corrected chi connectivity index (χ2v) is 4.46. The summed E-state index contributed by atoms with van der Waals surface area (Å²) in [4.78, 5) is 22.4. The summed E-state index contributed by atoms with van der Waals surface area (Å²) >= 11 is 3.34. The molecule has 0 fully saturated rings. The van der Waals surface area contributed by atoms with Crippen molar-refractivity contribution >= 4 is 28.1 Å². The molecule has 1 N–H and O–H groups in total. The van der Waals surface area contributed by atoms with Crippen molar-refractivity contribution in [3.05, 3.63) is 46.2 Å². The van der Waals surface area contributed by atoms with Gasteiger partial charge in [-0.2, -0.15) is 5.10 Å². The van der Waals surface area contributed by atoms with Crippen LogP contribution in [0.25, 0.3) is 5.69 Å². The highest BCUT2D eigenvalue weighted by atomic mass is 79.9. The lowest BCUT2D eigenvalue weighted by Gasteiger charge is -2.05. The highest BCUT2D eigenvalue weighted by Crippen LogP contribution is 2.19. The van der Waals surface area contributed by atoms with E-state index in [2.05, 4.69) is 26.3 Å². The minimum absolute atomic E-state index is 0.267. The van der Waals surface area contributed by atoms with Crippen LogP contribution in [0.2, 0.25) is 0 Å². The first-order valence-corrected chi connectivity index (χ1v) is 5.98. The molecule has 0 saturated carbocycles. The fourth-order valence-corrected chi connectivity index (χ4v) is 1.87. The zero-order valence-corrected chi connectivity index (χ0v) is 11.1. The molecule has 2 rings (SSSR count). The summed E-state index contributed by atoms with van der Waals surface area (Å²) in [6.45, 7) is 0. The van der Waals surface area contributed by atoms with Crippen molar-refractivity contribution < 1.29 is 9.59 Å². The Morgan fingerprint density at radius 2 is 2.22 bits per heavy atom. The first kappa shape index (κ1) is 12.5. The van der Waals surface area contributed by atoms with Crippen LogP contribution in [0.5, 0.6) is 0 Å². The third-order valence-electron chi connectivity index (χ3n) is 2.42. The number of amides is 1. The molecule has 0 saturated heterocycles. The first-order valence-electron chi connectivity index (χ1n) is 5.18. The summed E-state index contributed by atoms with van der Waals surface area (Å²) in [6, 6.07) is 6.82. The van der Waals surface area contributed by atoms with Crippen LogP contribution in [0.1, 0.15) is 20.8 Å². The topological polar surface area (TPSA) is 64.0 Å². The standard InChI is InChI=1S/C12H10BrN3O2/c1-14-12(18)10-4-5-16(15-10)11-6-9(13)3-2-8(11)7-17/h2-7H,1H3,(H,14,18). The first-order chi connectivity index (χ1) is 8.65. The predicted molar refractivity (Wildman–Crippen MR) is 70.0 cm³/mol. The maximum Gasteiger partial charge on any atom is 0.271 e. The minimum atomic E-state index is -0.267. The number of carbonyl (C=O) groups excluding carboxylic acids is 2. The molecule has 1 aromatic heterocycles. The van der Waals surface area contributed by atoms with Gasteiger partial charge in [-0.25, -0.2) is 4.68 Å². The molecule has 92 valence electrons. The third-order valence-corrected chi connectivity index (χ3v) is 2.91. The smallest absolute Gasteiger partial charge is 0.271 e. The van der Waals surface area contributed by atoms with Crippen molar-refractivity contribution in [3.63, 3.8) is 0 Å². The van der Waals surface area contributed by atoms with E-state index < -0.39 is 0 Å². The molecule has 0 spiro atoms. The Hall–Kier alpha value is -1.95. The Bertz CT molecular complexity index is 607. The van der Waals surface area contributed by atoms with E-state index in [4.69, 9.17) is 0 Å². The van der Waals surface area contributed by atoms with E-state index in [9.17, 15) is 9.59 Å². The molecule has 6 heteroatoms. The highest BCUT2D eigenvalue weighted by Gasteiger charge is 2.10. The summed E-state index contributed by atoms with van der Waals surface area (Å²) in [6.07, 6.45) is 2.39. The average Bonchev–Trinajstić information content (AvgIpc) is 2.87. The molecule has 0 aliphatic carbocycles. The number of nitrogens with one attached hydrogen (secondary N) is 1. The molecule has 18 heavy (non-hydrogen) atoms. The number of aromatic nitrogens is 2.